The molecule has 0 atom stereocenters. The van der Waals surface area contributed by atoms with Gasteiger partial charge in [0.15, 0.2) is 11.6 Å². The Labute approximate surface area is 276 Å². The van der Waals surface area contributed by atoms with Crippen LogP contribution < -0.4 is 10.6 Å². The predicted molar refractivity (Wildman–Crippen MR) is 194 cm³/mol. The minimum atomic E-state index is -0.0121. The number of fused-ring (bicyclic) bond motifs is 6. The lowest BCUT2D eigenvalue weighted by Crippen LogP contribution is -2.08. The topological polar surface area (TPSA) is 84.0 Å². The van der Waals surface area contributed by atoms with Crippen LogP contribution in [-0.4, -0.2) is 21.5 Å². The molecule has 2 N–H and O–H groups in total. The Bertz CT molecular complexity index is 2330. The van der Waals surface area contributed by atoms with Gasteiger partial charge < -0.3 is 10.6 Å². The molecule has 6 heteroatoms. The third kappa shape index (κ3) is 4.84. The number of allylic oxidation sites excluding steroid dienone is 12. The second-order valence-electron chi connectivity index (χ2n) is 12.0. The number of carbonyl (C=O) groups is 2. The minimum absolute atomic E-state index is 0.0121. The standard InChI is InChI=1S/C42H26N4O2/c47-33-16-8-25(9-17-33)35-20-12-27-4-6-29-14-22-37(45-41(29)39(27)43-35)31-2-1-3-32(24-31)38-23-15-30-7-5-28-13-21-36(44-40(28)42(30)46-38)26-10-18-34(48)19-11-26/h1-24,43-44H. The molecule has 48 heavy (non-hydrogen) atoms. The van der Waals surface area contributed by atoms with Crippen molar-refractivity contribution in [2.75, 3.05) is 10.6 Å². The summed E-state index contributed by atoms with van der Waals surface area (Å²) in [7, 11) is 0. The van der Waals surface area contributed by atoms with Crippen LogP contribution in [0.5, 0.6) is 0 Å². The summed E-state index contributed by atoms with van der Waals surface area (Å²) in [5.74, 6) is -0.0241. The van der Waals surface area contributed by atoms with Crippen LogP contribution in [0.1, 0.15) is 11.1 Å². The molecule has 0 saturated heterocycles. The first-order chi connectivity index (χ1) is 23.6. The second kappa shape index (κ2) is 11.0. The van der Waals surface area contributed by atoms with Crippen LogP contribution in [-0.2, 0) is 9.59 Å². The zero-order valence-electron chi connectivity index (χ0n) is 25.6. The van der Waals surface area contributed by atoms with Gasteiger partial charge in [0.25, 0.3) is 0 Å². The number of hydrogen-bond acceptors (Lipinski definition) is 6. The van der Waals surface area contributed by atoms with Crippen LogP contribution in [0.4, 0.5) is 11.4 Å². The molecule has 2 aromatic heterocycles. The van der Waals surface area contributed by atoms with Gasteiger partial charge in [-0.25, -0.2) is 9.97 Å². The Hall–Kier alpha value is -6.66. The van der Waals surface area contributed by atoms with Crippen molar-refractivity contribution in [2.24, 2.45) is 0 Å². The van der Waals surface area contributed by atoms with E-state index in [1.807, 2.05) is 42.5 Å². The van der Waals surface area contributed by atoms with Crippen molar-refractivity contribution in [3.8, 4) is 22.5 Å². The van der Waals surface area contributed by atoms with Crippen LogP contribution in [0, 0.1) is 0 Å². The van der Waals surface area contributed by atoms with Crippen molar-refractivity contribution >= 4 is 56.9 Å². The molecule has 0 amide bonds. The lowest BCUT2D eigenvalue weighted by molar-refractivity contribution is -0.111. The molecule has 2 aliphatic carbocycles. The Morgan fingerprint density at radius 1 is 0.438 bits per heavy atom. The summed E-state index contributed by atoms with van der Waals surface area (Å²) in [5, 5.41) is 9.23. The highest BCUT2D eigenvalue weighted by Gasteiger charge is 2.18. The SMILES string of the molecule is O=C1C=CC(=C2C=Cc3ccc4ccc(-c5cccc(-c6ccc7ccc8c(c7n6)NC(=C6C=CC(=O)C=C6)C=C8)c5)nc4c3N2)C=C1. The maximum atomic E-state index is 11.7. The predicted octanol–water partition coefficient (Wildman–Crippen LogP) is 8.89. The van der Waals surface area contributed by atoms with Gasteiger partial charge in [-0.2, -0.15) is 0 Å². The highest BCUT2D eigenvalue weighted by molar-refractivity contribution is 6.04. The molecule has 0 saturated carbocycles. The van der Waals surface area contributed by atoms with Gasteiger partial charge in [-0.3, -0.25) is 9.59 Å². The Balaban J connectivity index is 1.09. The molecule has 3 aromatic carbocycles. The molecule has 0 radical (unpaired) electrons. The van der Waals surface area contributed by atoms with Crippen molar-refractivity contribution in [1.82, 2.24) is 9.97 Å². The van der Waals surface area contributed by atoms with Crippen LogP contribution >= 0.6 is 0 Å². The summed E-state index contributed by atoms with van der Waals surface area (Å²) in [5.41, 5.74) is 13.2. The zero-order chi connectivity index (χ0) is 32.2. The molecule has 5 aromatic rings. The molecule has 9 rings (SSSR count). The Kier molecular flexibility index (Phi) is 6.33. The molecule has 0 bridgehead atoms. The molecule has 2 aliphatic heterocycles. The number of benzene rings is 3. The van der Waals surface area contributed by atoms with Gasteiger partial charge in [0, 0.05) is 44.4 Å². The third-order valence-corrected chi connectivity index (χ3v) is 8.95. The van der Waals surface area contributed by atoms with E-state index in [1.165, 1.54) is 0 Å². The normalized spacial score (nSPS) is 16.1. The zero-order valence-corrected chi connectivity index (χ0v) is 25.6. The summed E-state index contributed by atoms with van der Waals surface area (Å²) < 4.78 is 0. The molecule has 0 fully saturated rings. The number of pyridine rings is 2. The average molecular weight is 619 g/mol. The minimum Gasteiger partial charge on any atom is -0.353 e. The number of aromatic nitrogens is 2. The lowest BCUT2D eigenvalue weighted by Gasteiger charge is -2.20. The molecule has 6 nitrogen and oxygen atoms in total. The lowest BCUT2D eigenvalue weighted by atomic mass is 9.99. The van der Waals surface area contributed by atoms with Crippen LogP contribution in [0.2, 0.25) is 0 Å². The first kappa shape index (κ1) is 27.6. The molecule has 4 heterocycles. The van der Waals surface area contributed by atoms with Crippen molar-refractivity contribution < 1.29 is 9.59 Å². The maximum Gasteiger partial charge on any atom is 0.178 e. The summed E-state index contributed by atoms with van der Waals surface area (Å²) in [6.07, 6.45) is 21.9. The Morgan fingerprint density at radius 3 is 1.33 bits per heavy atom. The number of ketones is 2. The van der Waals surface area contributed by atoms with E-state index < -0.39 is 0 Å². The van der Waals surface area contributed by atoms with Gasteiger partial charge in [0.1, 0.15) is 0 Å². The largest absolute Gasteiger partial charge is 0.353 e. The van der Waals surface area contributed by atoms with Crippen molar-refractivity contribution in [3.63, 3.8) is 0 Å². The van der Waals surface area contributed by atoms with E-state index in [0.717, 1.165) is 89.4 Å². The second-order valence-corrected chi connectivity index (χ2v) is 12.0. The molecular weight excluding hydrogens is 592 g/mol. The molecule has 4 aliphatic rings. The number of nitrogens with zero attached hydrogens (tertiary/aromatic N) is 2. The van der Waals surface area contributed by atoms with Gasteiger partial charge in [-0.05, 0) is 90.1 Å². The fraction of sp³-hybridized carbons (Fsp3) is 0. The molecular formula is C42H26N4O2. The van der Waals surface area contributed by atoms with E-state index in [2.05, 4.69) is 89.5 Å². The summed E-state index contributed by atoms with van der Waals surface area (Å²) >= 11 is 0. The number of rotatable bonds is 2. The Morgan fingerprint density at radius 2 is 0.875 bits per heavy atom. The molecule has 226 valence electrons. The first-order valence-corrected chi connectivity index (χ1v) is 15.7. The van der Waals surface area contributed by atoms with Crippen molar-refractivity contribution in [1.29, 1.82) is 0 Å². The summed E-state index contributed by atoms with van der Waals surface area (Å²) in [4.78, 5) is 33.7. The van der Waals surface area contributed by atoms with E-state index in [1.54, 1.807) is 24.3 Å². The monoisotopic (exact) mass is 618 g/mol. The maximum absolute atomic E-state index is 11.7. The van der Waals surface area contributed by atoms with Gasteiger partial charge in [0.05, 0.1) is 33.8 Å². The number of hydrogen-bond donors (Lipinski definition) is 2. The van der Waals surface area contributed by atoms with Gasteiger partial charge in [-0.15, -0.1) is 0 Å². The smallest absolute Gasteiger partial charge is 0.178 e. The van der Waals surface area contributed by atoms with E-state index >= 15 is 0 Å². The van der Waals surface area contributed by atoms with Crippen LogP contribution in [0.25, 0.3) is 56.5 Å². The van der Waals surface area contributed by atoms with E-state index in [4.69, 9.17) is 9.97 Å². The highest BCUT2D eigenvalue weighted by atomic mass is 16.1. The van der Waals surface area contributed by atoms with Crippen molar-refractivity contribution in [2.45, 2.75) is 0 Å². The van der Waals surface area contributed by atoms with Crippen LogP contribution in [0.15, 0.2) is 156 Å². The number of nitrogens with one attached hydrogen (secondary N) is 2. The van der Waals surface area contributed by atoms with E-state index in [0.29, 0.717) is 0 Å². The fourth-order valence-corrected chi connectivity index (χ4v) is 6.41. The highest BCUT2D eigenvalue weighted by Crippen LogP contribution is 2.37. The molecule has 0 spiro atoms. The van der Waals surface area contributed by atoms with Gasteiger partial charge in [0.2, 0.25) is 0 Å². The van der Waals surface area contributed by atoms with Gasteiger partial charge >= 0.3 is 0 Å². The van der Waals surface area contributed by atoms with Crippen LogP contribution in [0.3, 0.4) is 0 Å². The number of anilines is 2. The first-order valence-electron chi connectivity index (χ1n) is 15.7. The van der Waals surface area contributed by atoms with Crippen molar-refractivity contribution in [3.05, 3.63) is 167 Å². The molecule has 0 unspecified atom stereocenters. The third-order valence-electron chi connectivity index (χ3n) is 8.95. The van der Waals surface area contributed by atoms with Gasteiger partial charge in [-0.1, -0.05) is 66.7 Å². The van der Waals surface area contributed by atoms with E-state index in [-0.39, 0.29) is 11.6 Å². The fourth-order valence-electron chi connectivity index (χ4n) is 6.41. The van der Waals surface area contributed by atoms with E-state index in [9.17, 15) is 9.59 Å². The average Bonchev–Trinajstić information content (AvgIpc) is 3.14. The number of carbonyl (C=O) groups excluding carboxylic acids is 2. The quantitative estimate of drug-likeness (QED) is 0.206. The summed E-state index contributed by atoms with van der Waals surface area (Å²) in [6, 6.07) is 25.0. The summed E-state index contributed by atoms with van der Waals surface area (Å²) in [6.45, 7) is 0.